The Morgan fingerprint density at radius 2 is 1.76 bits per heavy atom. The number of aromatic nitrogens is 2. The number of carbonyl (C=O) groups excluding carboxylic acids is 1. The van der Waals surface area contributed by atoms with Crippen LogP contribution in [0.15, 0.2) is 60.7 Å². The molecule has 2 aromatic carbocycles. The molecule has 0 aliphatic carbocycles. The number of nitrogens with zero attached hydrogens (tertiary/aromatic N) is 4. The number of carbonyl (C=O) groups is 1. The van der Waals surface area contributed by atoms with Crippen LogP contribution in [0.4, 0.5) is 5.82 Å². The summed E-state index contributed by atoms with van der Waals surface area (Å²) in [6.45, 7) is 6.94. The van der Waals surface area contributed by atoms with Crippen LogP contribution in [0.3, 0.4) is 0 Å². The van der Waals surface area contributed by atoms with Gasteiger partial charge in [-0.3, -0.25) is 4.79 Å². The monoisotopic (exact) mass is 466 g/mol. The van der Waals surface area contributed by atoms with Gasteiger partial charge in [0.2, 0.25) is 0 Å². The molecule has 172 valence electrons. The van der Waals surface area contributed by atoms with Gasteiger partial charge in [-0.1, -0.05) is 17.7 Å². The van der Waals surface area contributed by atoms with E-state index in [-0.39, 0.29) is 5.91 Å². The Morgan fingerprint density at radius 1 is 1.00 bits per heavy atom. The van der Waals surface area contributed by atoms with Gasteiger partial charge in [0.1, 0.15) is 11.5 Å². The fraction of sp³-hybridized carbons (Fsp3) is 0.320. The summed E-state index contributed by atoms with van der Waals surface area (Å²) in [5, 5.41) is 9.38. The molecule has 2 heterocycles. The lowest BCUT2D eigenvalue weighted by molar-refractivity contribution is -0.138. The minimum Gasteiger partial charge on any atom is -0.494 e. The quantitative estimate of drug-likeness (QED) is 0.516. The van der Waals surface area contributed by atoms with E-state index in [9.17, 15) is 4.79 Å². The zero-order valence-corrected chi connectivity index (χ0v) is 19.5. The average molecular weight is 467 g/mol. The molecule has 1 aliphatic rings. The van der Waals surface area contributed by atoms with Crippen molar-refractivity contribution in [1.82, 2.24) is 15.1 Å². The molecule has 1 aromatic heterocycles. The summed E-state index contributed by atoms with van der Waals surface area (Å²) in [7, 11) is 0. The Labute approximate surface area is 198 Å². The third kappa shape index (κ3) is 5.73. The van der Waals surface area contributed by atoms with Crippen LogP contribution in [0.25, 0.3) is 11.3 Å². The van der Waals surface area contributed by atoms with E-state index >= 15 is 0 Å². The van der Waals surface area contributed by atoms with Gasteiger partial charge in [0, 0.05) is 36.8 Å². The van der Waals surface area contributed by atoms with Crippen molar-refractivity contribution in [2.45, 2.75) is 20.0 Å². The first-order chi connectivity index (χ1) is 16.0. The smallest absolute Gasteiger partial charge is 0.263 e. The van der Waals surface area contributed by atoms with E-state index in [1.165, 1.54) is 0 Å². The molecule has 0 radical (unpaired) electrons. The first-order valence-electron chi connectivity index (χ1n) is 11.1. The molecule has 0 bridgehead atoms. The van der Waals surface area contributed by atoms with Crippen molar-refractivity contribution in [3.8, 4) is 22.8 Å². The second kappa shape index (κ2) is 10.5. The molecule has 0 spiro atoms. The molecule has 7 nitrogen and oxygen atoms in total. The predicted octanol–water partition coefficient (Wildman–Crippen LogP) is 4.31. The van der Waals surface area contributed by atoms with Crippen LogP contribution >= 0.6 is 11.6 Å². The van der Waals surface area contributed by atoms with Crippen LogP contribution < -0.4 is 14.4 Å². The van der Waals surface area contributed by atoms with Crippen molar-refractivity contribution in [1.29, 1.82) is 0 Å². The molecule has 8 heteroatoms. The summed E-state index contributed by atoms with van der Waals surface area (Å²) < 4.78 is 11.3. The molecule has 0 N–H and O–H groups in total. The van der Waals surface area contributed by atoms with E-state index in [1.807, 2.05) is 48.2 Å². The molecule has 1 saturated heterocycles. The highest BCUT2D eigenvalue weighted by Crippen LogP contribution is 2.23. The molecule has 1 amide bonds. The van der Waals surface area contributed by atoms with E-state index < -0.39 is 6.10 Å². The molecule has 33 heavy (non-hydrogen) atoms. The molecule has 1 aliphatic heterocycles. The second-order valence-electron chi connectivity index (χ2n) is 7.76. The number of amides is 1. The largest absolute Gasteiger partial charge is 0.494 e. The number of ether oxygens (including phenoxy) is 2. The van der Waals surface area contributed by atoms with Crippen molar-refractivity contribution in [3.05, 3.63) is 65.7 Å². The molecular weight excluding hydrogens is 440 g/mol. The average Bonchev–Trinajstić information content (AvgIpc) is 2.84. The summed E-state index contributed by atoms with van der Waals surface area (Å²) in [6, 6.07) is 18.8. The van der Waals surface area contributed by atoms with Gasteiger partial charge in [-0.25, -0.2) is 0 Å². The Hall–Kier alpha value is -3.32. The van der Waals surface area contributed by atoms with Gasteiger partial charge < -0.3 is 19.3 Å². The maximum atomic E-state index is 12.8. The summed E-state index contributed by atoms with van der Waals surface area (Å²) in [6.07, 6.45) is -0.580. The fourth-order valence-corrected chi connectivity index (χ4v) is 3.92. The summed E-state index contributed by atoms with van der Waals surface area (Å²) >= 11 is 6.00. The lowest BCUT2D eigenvalue weighted by atomic mass is 10.1. The normalized spacial score (nSPS) is 14.6. The maximum absolute atomic E-state index is 12.8. The molecular formula is C25H27ClN4O3. The van der Waals surface area contributed by atoms with Crippen molar-refractivity contribution in [2.24, 2.45) is 0 Å². The number of hydrogen-bond donors (Lipinski definition) is 0. The van der Waals surface area contributed by atoms with Crippen molar-refractivity contribution >= 4 is 23.3 Å². The van der Waals surface area contributed by atoms with Crippen LogP contribution in [0, 0.1) is 0 Å². The first-order valence-corrected chi connectivity index (χ1v) is 11.4. The standard InChI is InChI=1S/C25H27ClN4O3/c1-3-32-21-9-7-19(8-10-21)23-11-12-24(28-27-23)29-13-15-30(16-14-29)25(31)18(2)33-22-6-4-5-20(26)17-22/h4-12,17-18H,3,13-16H2,1-2H3. The maximum Gasteiger partial charge on any atom is 0.263 e. The van der Waals surface area contributed by atoms with E-state index in [4.69, 9.17) is 21.1 Å². The number of benzene rings is 2. The molecule has 1 unspecified atom stereocenters. The number of hydrogen-bond acceptors (Lipinski definition) is 6. The topological polar surface area (TPSA) is 67.8 Å². The van der Waals surface area contributed by atoms with Crippen LogP contribution in [0.5, 0.6) is 11.5 Å². The van der Waals surface area contributed by atoms with E-state index in [0.717, 1.165) is 22.8 Å². The molecule has 1 fully saturated rings. The molecule has 4 rings (SSSR count). The zero-order chi connectivity index (χ0) is 23.2. The third-order valence-electron chi connectivity index (χ3n) is 5.48. The van der Waals surface area contributed by atoms with Gasteiger partial charge in [0.15, 0.2) is 11.9 Å². The highest BCUT2D eigenvalue weighted by Gasteiger charge is 2.26. The number of rotatable bonds is 7. The summed E-state index contributed by atoms with van der Waals surface area (Å²) in [5.41, 5.74) is 1.80. The third-order valence-corrected chi connectivity index (χ3v) is 5.72. The number of piperazine rings is 1. The van der Waals surface area contributed by atoms with E-state index in [2.05, 4.69) is 15.1 Å². The summed E-state index contributed by atoms with van der Waals surface area (Å²) in [5.74, 6) is 2.20. The Morgan fingerprint density at radius 3 is 2.39 bits per heavy atom. The summed E-state index contributed by atoms with van der Waals surface area (Å²) in [4.78, 5) is 16.8. The van der Waals surface area contributed by atoms with Gasteiger partial charge in [-0.05, 0) is 68.4 Å². The van der Waals surface area contributed by atoms with Crippen LogP contribution in [-0.2, 0) is 4.79 Å². The number of halogens is 1. The molecule has 3 aromatic rings. The lowest BCUT2D eigenvalue weighted by Crippen LogP contribution is -2.52. The highest BCUT2D eigenvalue weighted by molar-refractivity contribution is 6.30. The fourth-order valence-electron chi connectivity index (χ4n) is 3.74. The Bertz CT molecular complexity index is 1070. The highest BCUT2D eigenvalue weighted by atomic mass is 35.5. The van der Waals surface area contributed by atoms with E-state index in [1.54, 1.807) is 31.2 Å². The van der Waals surface area contributed by atoms with Crippen molar-refractivity contribution in [2.75, 3.05) is 37.7 Å². The van der Waals surface area contributed by atoms with Gasteiger partial charge in [-0.2, -0.15) is 0 Å². The van der Waals surface area contributed by atoms with Gasteiger partial charge in [0.05, 0.1) is 12.3 Å². The SMILES string of the molecule is CCOc1ccc(-c2ccc(N3CCN(C(=O)C(C)Oc4cccc(Cl)c4)CC3)nn2)cc1. The van der Waals surface area contributed by atoms with Gasteiger partial charge >= 0.3 is 0 Å². The predicted molar refractivity (Wildman–Crippen MR) is 129 cm³/mol. The molecule has 1 atom stereocenters. The van der Waals surface area contributed by atoms with Gasteiger partial charge in [-0.15, -0.1) is 10.2 Å². The number of anilines is 1. The van der Waals surface area contributed by atoms with Crippen molar-refractivity contribution in [3.63, 3.8) is 0 Å². The Kier molecular flexibility index (Phi) is 7.29. The Balaban J connectivity index is 1.31. The second-order valence-corrected chi connectivity index (χ2v) is 8.20. The molecule has 0 saturated carbocycles. The minimum atomic E-state index is -0.580. The minimum absolute atomic E-state index is 0.0356. The van der Waals surface area contributed by atoms with E-state index in [0.29, 0.717) is 43.6 Å². The zero-order valence-electron chi connectivity index (χ0n) is 18.8. The first kappa shape index (κ1) is 22.9. The van der Waals surface area contributed by atoms with Crippen LogP contribution in [0.1, 0.15) is 13.8 Å². The lowest BCUT2D eigenvalue weighted by Gasteiger charge is -2.36. The van der Waals surface area contributed by atoms with Gasteiger partial charge in [0.25, 0.3) is 5.91 Å². The van der Waals surface area contributed by atoms with Crippen LogP contribution in [-0.4, -0.2) is 59.9 Å². The van der Waals surface area contributed by atoms with Crippen molar-refractivity contribution < 1.29 is 14.3 Å². The van der Waals surface area contributed by atoms with Crippen LogP contribution in [0.2, 0.25) is 5.02 Å².